The normalized spacial score (nSPS) is 16.4. The summed E-state index contributed by atoms with van der Waals surface area (Å²) in [6.07, 6.45) is 1.45. The van der Waals surface area contributed by atoms with Gasteiger partial charge in [0.25, 0.3) is 5.82 Å². The van der Waals surface area contributed by atoms with E-state index in [1.54, 1.807) is 17.7 Å². The van der Waals surface area contributed by atoms with Crippen molar-refractivity contribution in [2.75, 3.05) is 9.62 Å². The molecular weight excluding hydrogens is 401 g/mol. The molecule has 0 radical (unpaired) electrons. The lowest BCUT2D eigenvalue weighted by atomic mass is 9.61. The van der Waals surface area contributed by atoms with Gasteiger partial charge in [-0.3, -0.25) is 4.81 Å². The van der Waals surface area contributed by atoms with Gasteiger partial charge in [0.2, 0.25) is 0 Å². The van der Waals surface area contributed by atoms with E-state index < -0.39 is 13.7 Å². The van der Waals surface area contributed by atoms with E-state index in [-0.39, 0.29) is 18.1 Å². The fraction of sp³-hybridized carbons (Fsp3) is 0.207. The van der Waals surface area contributed by atoms with Gasteiger partial charge < -0.3 is 4.81 Å². The topological polar surface area (TPSA) is 10.4 Å². The number of aromatic nitrogens is 1. The molecule has 0 unspecified atom stereocenters. The van der Waals surface area contributed by atoms with Crippen molar-refractivity contribution in [3.8, 4) is 0 Å². The van der Waals surface area contributed by atoms with Crippen molar-refractivity contribution >= 4 is 35.3 Å². The lowest BCUT2D eigenvalue weighted by molar-refractivity contribution is -0.658. The van der Waals surface area contributed by atoms with Crippen molar-refractivity contribution in [3.63, 3.8) is 0 Å². The first-order valence-electron chi connectivity index (χ1n) is 14.1. The third-order valence-electron chi connectivity index (χ3n) is 6.54. The molecule has 0 N–H and O–H groups in total. The molecule has 0 saturated heterocycles. The number of fused-ring (bicyclic) bond motifs is 1. The number of para-hydroxylation sites is 2. The van der Waals surface area contributed by atoms with Crippen LogP contribution in [0.2, 0.25) is 0 Å². The number of pyridine rings is 1. The quantitative estimate of drug-likeness (QED) is 0.298. The summed E-state index contributed by atoms with van der Waals surface area (Å²) in [6.45, 7) is 0.702. The standard InChI is InChI=1S/C29H31BN3/c1-20-12-10-13-21(2)28(20)30-32(25-15-8-7-9-16-25)26-17-11-14-22(3)29(26)33(30)27-18-23(4)24(5)19-31(27)6/h7-19H,1-6H3/q+1/i4D3,5D3. The maximum Gasteiger partial charge on any atom is 0.542 e. The Labute approximate surface area is 206 Å². The predicted molar refractivity (Wildman–Crippen MR) is 140 cm³/mol. The van der Waals surface area contributed by atoms with Crippen LogP contribution in [0.1, 0.15) is 36.0 Å². The van der Waals surface area contributed by atoms with E-state index in [0.717, 1.165) is 39.2 Å². The Morgan fingerprint density at radius 1 is 0.727 bits per heavy atom. The van der Waals surface area contributed by atoms with Crippen molar-refractivity contribution in [2.45, 2.75) is 34.5 Å². The molecular formula is C29H31BN3+. The lowest BCUT2D eigenvalue weighted by Crippen LogP contribution is -2.57. The Morgan fingerprint density at radius 3 is 2.09 bits per heavy atom. The Bertz CT molecular complexity index is 1530. The zero-order valence-corrected chi connectivity index (χ0v) is 19.4. The molecule has 164 valence electrons. The molecule has 2 heterocycles. The lowest BCUT2D eigenvalue weighted by Gasteiger charge is -2.27. The SMILES string of the molecule is [2H]C([2H])([2H])c1cc(N2B(c3c(C)cccc3C)N(c3ccccc3)c3cccc(C)c32)[n+](C)cc1C([2H])([2H])[2H]. The number of benzene rings is 3. The van der Waals surface area contributed by atoms with E-state index in [2.05, 4.69) is 53.8 Å². The Morgan fingerprint density at radius 2 is 1.39 bits per heavy atom. The summed E-state index contributed by atoms with van der Waals surface area (Å²) in [5, 5.41) is 0. The van der Waals surface area contributed by atoms with E-state index in [0.29, 0.717) is 5.82 Å². The first-order valence-corrected chi connectivity index (χ1v) is 11.1. The van der Waals surface area contributed by atoms with Crippen LogP contribution in [-0.4, -0.2) is 6.98 Å². The fourth-order valence-corrected chi connectivity index (χ4v) is 5.00. The van der Waals surface area contributed by atoms with E-state index in [1.165, 1.54) is 6.20 Å². The highest BCUT2D eigenvalue weighted by Gasteiger charge is 2.52. The molecule has 0 spiro atoms. The summed E-state index contributed by atoms with van der Waals surface area (Å²) >= 11 is 0. The molecule has 4 heteroatoms. The Kier molecular flexibility index (Phi) is 3.77. The number of hydrogen-bond acceptors (Lipinski definition) is 2. The molecule has 0 aliphatic carbocycles. The maximum absolute atomic E-state index is 8.22. The van der Waals surface area contributed by atoms with Gasteiger partial charge in [-0.05, 0) is 80.5 Å². The van der Waals surface area contributed by atoms with Gasteiger partial charge in [0, 0.05) is 25.4 Å². The first-order chi connectivity index (χ1) is 18.3. The second kappa shape index (κ2) is 8.11. The van der Waals surface area contributed by atoms with Gasteiger partial charge >= 0.3 is 6.98 Å². The van der Waals surface area contributed by atoms with Crippen molar-refractivity contribution in [1.82, 2.24) is 0 Å². The van der Waals surface area contributed by atoms with Gasteiger partial charge in [0.1, 0.15) is 5.69 Å². The van der Waals surface area contributed by atoms with Crippen LogP contribution < -0.4 is 19.7 Å². The summed E-state index contributed by atoms with van der Waals surface area (Å²) in [7, 11) is 1.78. The minimum Gasteiger partial charge on any atom is -0.336 e. The third kappa shape index (κ3) is 3.41. The molecule has 0 atom stereocenters. The number of nitrogens with zero attached hydrogens (tertiary/aromatic N) is 3. The number of hydrogen-bond donors (Lipinski definition) is 0. The zero-order valence-electron chi connectivity index (χ0n) is 25.4. The molecule has 0 bridgehead atoms. The summed E-state index contributed by atoms with van der Waals surface area (Å²) in [6, 6.07) is 24.1. The Balaban J connectivity index is 1.89. The molecule has 33 heavy (non-hydrogen) atoms. The highest BCUT2D eigenvalue weighted by atomic mass is 15.3. The molecule has 1 aromatic heterocycles. The molecule has 5 rings (SSSR count). The van der Waals surface area contributed by atoms with Crippen LogP contribution in [0.5, 0.6) is 0 Å². The van der Waals surface area contributed by atoms with Crippen LogP contribution in [0.3, 0.4) is 0 Å². The predicted octanol–water partition coefficient (Wildman–Crippen LogP) is 5.74. The average Bonchev–Trinajstić information content (AvgIpc) is 3.19. The van der Waals surface area contributed by atoms with Crippen molar-refractivity contribution in [3.05, 3.63) is 107 Å². The van der Waals surface area contributed by atoms with Crippen molar-refractivity contribution in [2.24, 2.45) is 7.05 Å². The summed E-state index contributed by atoms with van der Waals surface area (Å²) in [5.41, 5.74) is 6.95. The number of aryl methyl sites for hydroxylation is 6. The fourth-order valence-electron chi connectivity index (χ4n) is 5.00. The number of rotatable bonds is 3. The van der Waals surface area contributed by atoms with E-state index in [9.17, 15) is 0 Å². The van der Waals surface area contributed by atoms with Gasteiger partial charge in [-0.15, -0.1) is 0 Å². The van der Waals surface area contributed by atoms with Gasteiger partial charge in [-0.1, -0.05) is 48.5 Å². The summed E-state index contributed by atoms with van der Waals surface area (Å²) < 4.78 is 50.5. The second-order valence-corrected chi connectivity index (χ2v) is 8.77. The van der Waals surface area contributed by atoms with Crippen molar-refractivity contribution < 1.29 is 12.8 Å². The largest absolute Gasteiger partial charge is 0.542 e. The molecule has 1 aliphatic heterocycles. The van der Waals surface area contributed by atoms with Gasteiger partial charge in [0.15, 0.2) is 0 Å². The van der Waals surface area contributed by atoms with Gasteiger partial charge in [0.05, 0.1) is 18.9 Å². The smallest absolute Gasteiger partial charge is 0.336 e. The molecule has 3 aromatic carbocycles. The van der Waals surface area contributed by atoms with Crippen LogP contribution in [0.4, 0.5) is 22.9 Å². The minimum atomic E-state index is -2.60. The van der Waals surface area contributed by atoms with Crippen LogP contribution in [0.15, 0.2) is 79.0 Å². The van der Waals surface area contributed by atoms with Crippen LogP contribution >= 0.6 is 0 Å². The zero-order chi connectivity index (χ0) is 28.3. The van der Waals surface area contributed by atoms with E-state index in [4.69, 9.17) is 8.22 Å². The molecule has 0 saturated carbocycles. The van der Waals surface area contributed by atoms with Crippen LogP contribution in [0.25, 0.3) is 0 Å². The van der Waals surface area contributed by atoms with E-state index >= 15 is 0 Å². The number of anilines is 4. The van der Waals surface area contributed by atoms with E-state index in [1.807, 2.05) is 43.3 Å². The molecule has 3 nitrogen and oxygen atoms in total. The van der Waals surface area contributed by atoms with Crippen LogP contribution in [0, 0.1) is 34.5 Å². The molecule has 0 fully saturated rings. The highest BCUT2D eigenvalue weighted by Crippen LogP contribution is 2.47. The summed E-state index contributed by atoms with van der Waals surface area (Å²) in [5.74, 6) is 0.593. The third-order valence-corrected chi connectivity index (χ3v) is 6.54. The molecule has 0 amide bonds. The first kappa shape index (κ1) is 15.3. The summed E-state index contributed by atoms with van der Waals surface area (Å²) in [4.78, 5) is 4.44. The average molecular weight is 438 g/mol. The molecule has 1 aliphatic rings. The maximum atomic E-state index is 8.22. The second-order valence-electron chi connectivity index (χ2n) is 8.77. The highest BCUT2D eigenvalue weighted by molar-refractivity contribution is 6.85. The van der Waals surface area contributed by atoms with Crippen LogP contribution in [-0.2, 0) is 7.05 Å². The molecule has 4 aromatic rings. The monoisotopic (exact) mass is 438 g/mol. The Hall–Kier alpha value is -3.53. The minimum absolute atomic E-state index is 0.163. The van der Waals surface area contributed by atoms with Crippen molar-refractivity contribution in [1.29, 1.82) is 0 Å². The van der Waals surface area contributed by atoms with Gasteiger partial charge in [-0.2, -0.15) is 0 Å². The van der Waals surface area contributed by atoms with Gasteiger partial charge in [-0.25, -0.2) is 4.57 Å².